The van der Waals surface area contributed by atoms with Crippen LogP contribution in [-0.4, -0.2) is 19.2 Å². The van der Waals surface area contributed by atoms with Crippen molar-refractivity contribution in [1.82, 2.24) is 0 Å². The summed E-state index contributed by atoms with van der Waals surface area (Å²) in [6.45, 7) is 0.880. The van der Waals surface area contributed by atoms with Crippen molar-refractivity contribution in [3.8, 4) is 11.5 Å². The Hall–Kier alpha value is -1.91. The molecule has 1 aromatic carbocycles. The van der Waals surface area contributed by atoms with Crippen LogP contribution in [0.1, 0.15) is 6.42 Å². The molecule has 0 fully saturated rings. The molecule has 0 saturated heterocycles. The fourth-order valence-electron chi connectivity index (χ4n) is 1.72. The van der Waals surface area contributed by atoms with Crippen molar-refractivity contribution in [2.45, 2.75) is 6.42 Å². The van der Waals surface area contributed by atoms with Crippen LogP contribution in [0.3, 0.4) is 0 Å². The van der Waals surface area contributed by atoms with Gasteiger partial charge in [-0.05, 0) is 0 Å². The minimum absolute atomic E-state index is 0.0140. The van der Waals surface area contributed by atoms with Crippen LogP contribution < -0.4 is 20.1 Å². The van der Waals surface area contributed by atoms with Gasteiger partial charge in [-0.25, -0.2) is 0 Å². The Morgan fingerprint density at radius 3 is 2.67 bits per heavy atom. The molecule has 1 amide bonds. The SMILES string of the molecule is O=C1CCNc2cc3c(cc2N1)OCO3. The third-order valence-corrected chi connectivity index (χ3v) is 2.45. The maximum absolute atomic E-state index is 11.3. The fraction of sp³-hybridized carbons (Fsp3) is 0.300. The lowest BCUT2D eigenvalue weighted by Gasteiger charge is -2.08. The lowest BCUT2D eigenvalue weighted by atomic mass is 10.2. The van der Waals surface area contributed by atoms with Crippen LogP contribution in [0.25, 0.3) is 0 Å². The second kappa shape index (κ2) is 3.05. The van der Waals surface area contributed by atoms with Gasteiger partial charge in [0.05, 0.1) is 11.4 Å². The molecule has 3 rings (SSSR count). The molecule has 0 aliphatic carbocycles. The van der Waals surface area contributed by atoms with Crippen molar-refractivity contribution < 1.29 is 14.3 Å². The van der Waals surface area contributed by atoms with Crippen molar-refractivity contribution in [1.29, 1.82) is 0 Å². The third-order valence-electron chi connectivity index (χ3n) is 2.45. The predicted molar refractivity (Wildman–Crippen MR) is 54.3 cm³/mol. The molecule has 0 bridgehead atoms. The minimum Gasteiger partial charge on any atom is -0.454 e. The quantitative estimate of drug-likeness (QED) is 0.669. The van der Waals surface area contributed by atoms with Gasteiger partial charge in [0.15, 0.2) is 11.5 Å². The molecule has 15 heavy (non-hydrogen) atoms. The number of amides is 1. The zero-order valence-corrected chi connectivity index (χ0v) is 8.00. The number of hydrogen-bond donors (Lipinski definition) is 2. The first kappa shape index (κ1) is 8.40. The molecule has 2 aliphatic heterocycles. The Bertz CT molecular complexity index is 431. The molecule has 78 valence electrons. The summed E-state index contributed by atoms with van der Waals surface area (Å²) in [7, 11) is 0. The number of carbonyl (C=O) groups is 1. The van der Waals surface area contributed by atoms with E-state index in [0.717, 1.165) is 17.1 Å². The Labute approximate surface area is 86.4 Å². The Kier molecular flexibility index (Phi) is 1.71. The first-order valence-electron chi connectivity index (χ1n) is 4.80. The van der Waals surface area contributed by atoms with Crippen LogP contribution in [0.4, 0.5) is 11.4 Å². The maximum atomic E-state index is 11.3. The molecule has 1 aromatic rings. The van der Waals surface area contributed by atoms with E-state index in [1.54, 1.807) is 6.07 Å². The van der Waals surface area contributed by atoms with E-state index < -0.39 is 0 Å². The van der Waals surface area contributed by atoms with E-state index in [2.05, 4.69) is 10.6 Å². The summed E-state index contributed by atoms with van der Waals surface area (Å²) in [5.74, 6) is 1.41. The highest BCUT2D eigenvalue weighted by Crippen LogP contribution is 2.40. The molecule has 5 heteroatoms. The zero-order chi connectivity index (χ0) is 10.3. The van der Waals surface area contributed by atoms with Crippen LogP contribution in [-0.2, 0) is 4.79 Å². The number of benzene rings is 1. The lowest BCUT2D eigenvalue weighted by molar-refractivity contribution is -0.115. The van der Waals surface area contributed by atoms with Gasteiger partial charge in [0.2, 0.25) is 12.7 Å². The van der Waals surface area contributed by atoms with Crippen molar-refractivity contribution in [3.05, 3.63) is 12.1 Å². The number of carbonyl (C=O) groups excluding carboxylic acids is 1. The number of nitrogens with one attached hydrogen (secondary N) is 2. The number of ether oxygens (including phenoxy) is 2. The van der Waals surface area contributed by atoms with Gasteiger partial charge >= 0.3 is 0 Å². The topological polar surface area (TPSA) is 59.6 Å². The monoisotopic (exact) mass is 206 g/mol. The number of rotatable bonds is 0. The van der Waals surface area contributed by atoms with Gasteiger partial charge in [0.25, 0.3) is 0 Å². The molecule has 2 aliphatic rings. The minimum atomic E-state index is 0.0140. The molecule has 0 saturated carbocycles. The molecule has 2 heterocycles. The van der Waals surface area contributed by atoms with E-state index in [1.165, 1.54) is 0 Å². The van der Waals surface area contributed by atoms with Crippen molar-refractivity contribution in [3.63, 3.8) is 0 Å². The summed E-state index contributed by atoms with van der Waals surface area (Å²) in [4.78, 5) is 11.3. The highest BCUT2D eigenvalue weighted by Gasteiger charge is 2.19. The van der Waals surface area contributed by atoms with E-state index in [0.29, 0.717) is 18.7 Å². The predicted octanol–water partition coefficient (Wildman–Crippen LogP) is 1.17. The first-order chi connectivity index (χ1) is 7.33. The van der Waals surface area contributed by atoms with Gasteiger partial charge in [0.1, 0.15) is 0 Å². The summed E-state index contributed by atoms with van der Waals surface area (Å²) in [5, 5.41) is 5.98. The van der Waals surface area contributed by atoms with E-state index >= 15 is 0 Å². The summed E-state index contributed by atoms with van der Waals surface area (Å²) >= 11 is 0. The number of anilines is 2. The van der Waals surface area contributed by atoms with Crippen LogP contribution in [0.2, 0.25) is 0 Å². The van der Waals surface area contributed by atoms with Gasteiger partial charge in [-0.15, -0.1) is 0 Å². The first-order valence-corrected chi connectivity index (χ1v) is 4.80. The summed E-state index contributed by atoms with van der Waals surface area (Å²) in [6, 6.07) is 3.64. The van der Waals surface area contributed by atoms with Crippen molar-refractivity contribution in [2.75, 3.05) is 24.0 Å². The van der Waals surface area contributed by atoms with E-state index in [1.807, 2.05) is 6.07 Å². The highest BCUT2D eigenvalue weighted by molar-refractivity contribution is 5.96. The molecule has 0 atom stereocenters. The van der Waals surface area contributed by atoms with Crippen molar-refractivity contribution >= 4 is 17.3 Å². The van der Waals surface area contributed by atoms with E-state index in [9.17, 15) is 4.79 Å². The molecular formula is C10H10N2O3. The fourth-order valence-corrected chi connectivity index (χ4v) is 1.72. The second-order valence-corrected chi connectivity index (χ2v) is 3.48. The Morgan fingerprint density at radius 2 is 1.87 bits per heavy atom. The second-order valence-electron chi connectivity index (χ2n) is 3.48. The van der Waals surface area contributed by atoms with Gasteiger partial charge in [-0.2, -0.15) is 0 Å². The molecule has 0 spiro atoms. The standard InChI is InChI=1S/C10H10N2O3/c13-10-1-2-11-6-3-8-9(15-5-14-8)4-7(6)12-10/h3-4,11H,1-2,5H2,(H,12,13). The van der Waals surface area contributed by atoms with E-state index in [-0.39, 0.29) is 12.7 Å². The third kappa shape index (κ3) is 1.36. The summed E-state index contributed by atoms with van der Waals surface area (Å²) < 4.78 is 10.5. The average molecular weight is 206 g/mol. The van der Waals surface area contributed by atoms with Crippen LogP contribution in [0.15, 0.2) is 12.1 Å². The number of fused-ring (bicyclic) bond motifs is 2. The van der Waals surface area contributed by atoms with Crippen LogP contribution in [0, 0.1) is 0 Å². The van der Waals surface area contributed by atoms with Crippen LogP contribution >= 0.6 is 0 Å². The van der Waals surface area contributed by atoms with Gasteiger partial charge < -0.3 is 20.1 Å². The molecule has 0 aromatic heterocycles. The van der Waals surface area contributed by atoms with Crippen LogP contribution in [0.5, 0.6) is 11.5 Å². The molecule has 0 unspecified atom stereocenters. The Morgan fingerprint density at radius 1 is 1.13 bits per heavy atom. The van der Waals surface area contributed by atoms with E-state index in [4.69, 9.17) is 9.47 Å². The largest absolute Gasteiger partial charge is 0.454 e. The normalized spacial score (nSPS) is 17.5. The zero-order valence-electron chi connectivity index (χ0n) is 8.00. The maximum Gasteiger partial charge on any atom is 0.231 e. The molecule has 0 radical (unpaired) electrons. The summed E-state index contributed by atoms with van der Waals surface area (Å²) in [6.07, 6.45) is 0.473. The highest BCUT2D eigenvalue weighted by atomic mass is 16.7. The van der Waals surface area contributed by atoms with Gasteiger partial charge in [0, 0.05) is 25.1 Å². The smallest absolute Gasteiger partial charge is 0.231 e. The molecule has 2 N–H and O–H groups in total. The average Bonchev–Trinajstić information content (AvgIpc) is 2.57. The number of hydrogen-bond acceptors (Lipinski definition) is 4. The van der Waals surface area contributed by atoms with Crippen molar-refractivity contribution in [2.24, 2.45) is 0 Å². The van der Waals surface area contributed by atoms with Gasteiger partial charge in [-0.3, -0.25) is 4.79 Å². The van der Waals surface area contributed by atoms with Gasteiger partial charge in [-0.1, -0.05) is 0 Å². The molecule has 5 nitrogen and oxygen atoms in total. The Balaban J connectivity index is 2.07. The molecular weight excluding hydrogens is 196 g/mol. The summed E-state index contributed by atoms with van der Waals surface area (Å²) in [5.41, 5.74) is 1.63. The lowest BCUT2D eigenvalue weighted by Crippen LogP contribution is -2.10.